The normalized spacial score (nSPS) is 10.2. The number of carbonyl (C=O) groups is 1. The highest BCUT2D eigenvalue weighted by Crippen LogP contribution is 2.27. The lowest BCUT2D eigenvalue weighted by atomic mass is 10.1. The first-order chi connectivity index (χ1) is 9.63. The van der Waals surface area contributed by atoms with Gasteiger partial charge in [0.05, 0.1) is 12.8 Å². The van der Waals surface area contributed by atoms with Gasteiger partial charge in [-0.3, -0.25) is 4.79 Å². The molecule has 2 aromatic carbocycles. The Morgan fingerprint density at radius 1 is 1.25 bits per heavy atom. The van der Waals surface area contributed by atoms with Crippen LogP contribution < -0.4 is 10.1 Å². The minimum Gasteiger partial charge on any atom is -0.497 e. The van der Waals surface area contributed by atoms with Crippen LogP contribution in [0.1, 0.15) is 15.9 Å². The molecular formula is C15H13BrClNO2. The summed E-state index contributed by atoms with van der Waals surface area (Å²) in [5, 5.41) is 2.84. The van der Waals surface area contributed by atoms with Crippen LogP contribution in [-0.2, 0) is 5.88 Å². The lowest BCUT2D eigenvalue weighted by molar-refractivity contribution is 0.102. The summed E-state index contributed by atoms with van der Waals surface area (Å²) in [7, 11) is 1.58. The summed E-state index contributed by atoms with van der Waals surface area (Å²) in [6, 6.07) is 12.6. The number of halogens is 2. The van der Waals surface area contributed by atoms with E-state index in [0.29, 0.717) is 22.9 Å². The molecule has 0 saturated carbocycles. The number of amides is 1. The molecule has 0 fully saturated rings. The Labute approximate surface area is 131 Å². The number of nitrogens with one attached hydrogen (secondary N) is 1. The Bertz CT molecular complexity index is 614. The van der Waals surface area contributed by atoms with Crippen LogP contribution >= 0.6 is 27.5 Å². The van der Waals surface area contributed by atoms with Gasteiger partial charge in [0.1, 0.15) is 5.75 Å². The molecule has 0 aliphatic rings. The van der Waals surface area contributed by atoms with E-state index in [1.807, 2.05) is 24.3 Å². The van der Waals surface area contributed by atoms with Crippen molar-refractivity contribution in [1.29, 1.82) is 0 Å². The van der Waals surface area contributed by atoms with Crippen molar-refractivity contribution >= 4 is 39.1 Å². The molecule has 0 unspecified atom stereocenters. The quantitative estimate of drug-likeness (QED) is 0.824. The molecule has 0 saturated heterocycles. The summed E-state index contributed by atoms with van der Waals surface area (Å²) < 4.78 is 5.94. The Morgan fingerprint density at radius 3 is 2.55 bits per heavy atom. The maximum atomic E-state index is 12.2. The first-order valence-electron chi connectivity index (χ1n) is 5.94. The fraction of sp³-hybridized carbons (Fsp3) is 0.133. The molecule has 0 aromatic heterocycles. The molecule has 0 aliphatic heterocycles. The van der Waals surface area contributed by atoms with Gasteiger partial charge in [-0.2, -0.15) is 0 Å². The largest absolute Gasteiger partial charge is 0.497 e. The SMILES string of the molecule is COc1ccc(Br)c(NC(=O)c2ccc(CCl)cc2)c1. The summed E-state index contributed by atoms with van der Waals surface area (Å²) >= 11 is 9.12. The number of anilines is 1. The Hall–Kier alpha value is -1.52. The standard InChI is InChI=1S/C15H13BrClNO2/c1-20-12-6-7-13(16)14(8-12)18-15(19)11-4-2-10(9-17)3-5-11/h2-8H,9H2,1H3,(H,18,19). The van der Waals surface area contributed by atoms with E-state index in [-0.39, 0.29) is 5.91 Å². The minimum atomic E-state index is -0.180. The van der Waals surface area contributed by atoms with E-state index in [9.17, 15) is 4.79 Å². The van der Waals surface area contributed by atoms with E-state index in [2.05, 4.69) is 21.2 Å². The van der Waals surface area contributed by atoms with Gasteiger partial charge >= 0.3 is 0 Å². The molecule has 1 N–H and O–H groups in total. The number of hydrogen-bond acceptors (Lipinski definition) is 2. The van der Waals surface area contributed by atoms with E-state index < -0.39 is 0 Å². The van der Waals surface area contributed by atoms with Crippen molar-refractivity contribution in [2.24, 2.45) is 0 Å². The third-order valence-electron chi connectivity index (χ3n) is 2.79. The number of rotatable bonds is 4. The summed E-state index contributed by atoms with van der Waals surface area (Å²) in [6.07, 6.45) is 0. The molecule has 3 nitrogen and oxygen atoms in total. The molecule has 104 valence electrons. The number of ether oxygens (including phenoxy) is 1. The van der Waals surface area contributed by atoms with Crippen LogP contribution in [0.3, 0.4) is 0 Å². The number of alkyl halides is 1. The fourth-order valence-electron chi connectivity index (χ4n) is 1.67. The Kier molecular flexibility index (Phi) is 5.04. The van der Waals surface area contributed by atoms with Crippen LogP contribution in [0.15, 0.2) is 46.9 Å². The van der Waals surface area contributed by atoms with Crippen molar-refractivity contribution in [1.82, 2.24) is 0 Å². The maximum Gasteiger partial charge on any atom is 0.255 e. The monoisotopic (exact) mass is 353 g/mol. The maximum absolute atomic E-state index is 12.2. The zero-order chi connectivity index (χ0) is 14.5. The average Bonchev–Trinajstić information content (AvgIpc) is 2.49. The van der Waals surface area contributed by atoms with E-state index in [0.717, 1.165) is 10.0 Å². The third kappa shape index (κ3) is 3.52. The van der Waals surface area contributed by atoms with Gasteiger partial charge < -0.3 is 10.1 Å². The summed E-state index contributed by atoms with van der Waals surface area (Å²) in [5.74, 6) is 0.935. The van der Waals surface area contributed by atoms with Gasteiger partial charge in [0.15, 0.2) is 0 Å². The molecule has 20 heavy (non-hydrogen) atoms. The molecule has 0 spiro atoms. The molecule has 2 aromatic rings. The van der Waals surface area contributed by atoms with Gasteiger partial charge in [0, 0.05) is 22.0 Å². The van der Waals surface area contributed by atoms with Crippen molar-refractivity contribution in [2.45, 2.75) is 5.88 Å². The van der Waals surface area contributed by atoms with Crippen molar-refractivity contribution < 1.29 is 9.53 Å². The summed E-state index contributed by atoms with van der Waals surface area (Å²) in [6.45, 7) is 0. The van der Waals surface area contributed by atoms with Gasteiger partial charge in [-0.05, 0) is 45.8 Å². The van der Waals surface area contributed by atoms with E-state index in [1.165, 1.54) is 0 Å². The van der Waals surface area contributed by atoms with E-state index in [4.69, 9.17) is 16.3 Å². The van der Waals surface area contributed by atoms with Crippen LogP contribution in [0.4, 0.5) is 5.69 Å². The molecule has 0 aliphatic carbocycles. The zero-order valence-electron chi connectivity index (χ0n) is 10.8. The molecule has 5 heteroatoms. The molecular weight excluding hydrogens is 342 g/mol. The molecule has 0 radical (unpaired) electrons. The van der Waals surface area contributed by atoms with Gasteiger partial charge in [0.2, 0.25) is 0 Å². The van der Waals surface area contributed by atoms with Crippen LogP contribution in [0.25, 0.3) is 0 Å². The number of methoxy groups -OCH3 is 1. The van der Waals surface area contributed by atoms with E-state index >= 15 is 0 Å². The first kappa shape index (κ1) is 14.9. The number of benzene rings is 2. The second-order valence-corrected chi connectivity index (χ2v) is 5.25. The second kappa shape index (κ2) is 6.77. The Balaban J connectivity index is 2.18. The van der Waals surface area contributed by atoms with Crippen LogP contribution in [-0.4, -0.2) is 13.0 Å². The van der Waals surface area contributed by atoms with Crippen LogP contribution in [0, 0.1) is 0 Å². The number of hydrogen-bond donors (Lipinski definition) is 1. The van der Waals surface area contributed by atoms with Crippen molar-refractivity contribution in [3.8, 4) is 5.75 Å². The topological polar surface area (TPSA) is 38.3 Å². The minimum absolute atomic E-state index is 0.180. The van der Waals surface area contributed by atoms with Gasteiger partial charge in [0.25, 0.3) is 5.91 Å². The second-order valence-electron chi connectivity index (χ2n) is 4.13. The highest BCUT2D eigenvalue weighted by molar-refractivity contribution is 9.10. The van der Waals surface area contributed by atoms with Crippen LogP contribution in [0.5, 0.6) is 5.75 Å². The highest BCUT2D eigenvalue weighted by atomic mass is 79.9. The van der Waals surface area contributed by atoms with Crippen molar-refractivity contribution in [2.75, 3.05) is 12.4 Å². The van der Waals surface area contributed by atoms with Crippen molar-refractivity contribution in [3.63, 3.8) is 0 Å². The van der Waals surface area contributed by atoms with Gasteiger partial charge in [-0.25, -0.2) is 0 Å². The first-order valence-corrected chi connectivity index (χ1v) is 7.26. The molecule has 0 bridgehead atoms. The predicted molar refractivity (Wildman–Crippen MR) is 84.6 cm³/mol. The summed E-state index contributed by atoms with van der Waals surface area (Å²) in [5.41, 5.74) is 2.22. The highest BCUT2D eigenvalue weighted by Gasteiger charge is 2.09. The average molecular weight is 355 g/mol. The van der Waals surface area contributed by atoms with Gasteiger partial charge in [-0.1, -0.05) is 12.1 Å². The number of carbonyl (C=O) groups excluding carboxylic acids is 1. The van der Waals surface area contributed by atoms with Crippen LogP contribution in [0.2, 0.25) is 0 Å². The van der Waals surface area contributed by atoms with E-state index in [1.54, 1.807) is 25.3 Å². The zero-order valence-corrected chi connectivity index (χ0v) is 13.2. The van der Waals surface area contributed by atoms with Crippen molar-refractivity contribution in [3.05, 3.63) is 58.1 Å². The van der Waals surface area contributed by atoms with Gasteiger partial charge in [-0.15, -0.1) is 11.6 Å². The Morgan fingerprint density at radius 2 is 1.95 bits per heavy atom. The summed E-state index contributed by atoms with van der Waals surface area (Å²) in [4.78, 5) is 12.2. The molecule has 2 rings (SSSR count). The lowest BCUT2D eigenvalue weighted by Gasteiger charge is -2.09. The molecule has 0 atom stereocenters. The molecule has 0 heterocycles. The lowest BCUT2D eigenvalue weighted by Crippen LogP contribution is -2.12. The smallest absolute Gasteiger partial charge is 0.255 e. The predicted octanol–water partition coefficient (Wildman–Crippen LogP) is 4.45. The fourth-order valence-corrected chi connectivity index (χ4v) is 2.19. The third-order valence-corrected chi connectivity index (χ3v) is 3.79. The molecule has 1 amide bonds.